The Hall–Kier alpha value is -2.41. The Morgan fingerprint density at radius 3 is 2.69 bits per heavy atom. The van der Waals surface area contributed by atoms with E-state index in [-0.39, 0.29) is 17.7 Å². The Balaban J connectivity index is 1.54. The van der Waals surface area contributed by atoms with Crippen LogP contribution in [0.5, 0.6) is 0 Å². The largest absolute Gasteiger partial charge is 0.378 e. The van der Waals surface area contributed by atoms with Crippen molar-refractivity contribution < 1.29 is 14.3 Å². The number of piperidine rings is 1. The summed E-state index contributed by atoms with van der Waals surface area (Å²) in [6.45, 7) is 8.21. The van der Waals surface area contributed by atoms with Crippen LogP contribution in [0.3, 0.4) is 0 Å². The van der Waals surface area contributed by atoms with Crippen LogP contribution in [0.15, 0.2) is 31.0 Å². The van der Waals surface area contributed by atoms with Crippen molar-refractivity contribution in [2.24, 2.45) is 5.92 Å². The van der Waals surface area contributed by atoms with Gasteiger partial charge >= 0.3 is 0 Å². The predicted octanol–water partition coefficient (Wildman–Crippen LogP) is 0.959. The van der Waals surface area contributed by atoms with Crippen molar-refractivity contribution in [3.05, 3.63) is 36.5 Å². The Kier molecular flexibility index (Phi) is 6.22. The number of hydrogen-bond donors (Lipinski definition) is 1. The molecule has 2 aliphatic heterocycles. The van der Waals surface area contributed by atoms with Gasteiger partial charge in [0.05, 0.1) is 13.2 Å². The van der Waals surface area contributed by atoms with E-state index in [0.717, 1.165) is 24.5 Å². The van der Waals surface area contributed by atoms with Crippen LogP contribution in [0.25, 0.3) is 0 Å². The van der Waals surface area contributed by atoms with Gasteiger partial charge in [-0.1, -0.05) is 12.6 Å². The summed E-state index contributed by atoms with van der Waals surface area (Å²) >= 11 is 0. The molecular weight excluding hydrogens is 332 g/mol. The molecule has 0 saturated carbocycles. The summed E-state index contributed by atoms with van der Waals surface area (Å²) in [6.07, 6.45) is 4.49. The average molecular weight is 358 g/mol. The van der Waals surface area contributed by atoms with Crippen LogP contribution in [0.4, 0.5) is 5.82 Å². The SMILES string of the molecule is C=CC(=O)N1CCC(C(=O)NCc2cccnc2N2CCOCC2)CC1. The highest BCUT2D eigenvalue weighted by Gasteiger charge is 2.26. The summed E-state index contributed by atoms with van der Waals surface area (Å²) in [5.41, 5.74) is 1.02. The molecule has 0 bridgehead atoms. The van der Waals surface area contributed by atoms with E-state index >= 15 is 0 Å². The molecule has 0 unspecified atom stereocenters. The Morgan fingerprint density at radius 2 is 2.00 bits per heavy atom. The first-order chi connectivity index (χ1) is 12.7. The first kappa shape index (κ1) is 18.4. The molecule has 1 aromatic rings. The lowest BCUT2D eigenvalue weighted by Crippen LogP contribution is -2.42. The molecule has 0 spiro atoms. The molecule has 2 aliphatic rings. The third-order valence-electron chi connectivity index (χ3n) is 4.98. The second-order valence-electron chi connectivity index (χ2n) is 6.61. The highest BCUT2D eigenvalue weighted by Crippen LogP contribution is 2.20. The van der Waals surface area contributed by atoms with Crippen molar-refractivity contribution in [3.8, 4) is 0 Å². The molecule has 0 radical (unpaired) electrons. The number of morpholine rings is 1. The summed E-state index contributed by atoms with van der Waals surface area (Å²) in [5.74, 6) is 0.858. The van der Waals surface area contributed by atoms with Gasteiger partial charge in [-0.3, -0.25) is 9.59 Å². The van der Waals surface area contributed by atoms with E-state index in [2.05, 4.69) is 21.8 Å². The zero-order chi connectivity index (χ0) is 18.4. The zero-order valence-corrected chi connectivity index (χ0v) is 15.0. The fourth-order valence-corrected chi connectivity index (χ4v) is 3.45. The number of aromatic nitrogens is 1. The molecule has 0 atom stereocenters. The summed E-state index contributed by atoms with van der Waals surface area (Å²) in [6, 6.07) is 3.90. The Bertz CT molecular complexity index is 650. The van der Waals surface area contributed by atoms with Crippen molar-refractivity contribution >= 4 is 17.6 Å². The maximum absolute atomic E-state index is 12.5. The molecule has 1 aromatic heterocycles. The number of carbonyl (C=O) groups is 2. The highest BCUT2D eigenvalue weighted by molar-refractivity contribution is 5.87. The van der Waals surface area contributed by atoms with Crippen molar-refractivity contribution in [2.75, 3.05) is 44.3 Å². The summed E-state index contributed by atoms with van der Waals surface area (Å²) in [4.78, 5) is 32.6. The second-order valence-corrected chi connectivity index (χ2v) is 6.61. The van der Waals surface area contributed by atoms with Gasteiger partial charge in [0.2, 0.25) is 11.8 Å². The standard InChI is InChI=1S/C19H26N4O3/c1-2-17(24)22-8-5-15(6-9-22)19(25)21-14-16-4-3-7-20-18(16)23-10-12-26-13-11-23/h2-4,7,15H,1,5-6,8-14H2,(H,21,25). The first-order valence-corrected chi connectivity index (χ1v) is 9.14. The third-order valence-corrected chi connectivity index (χ3v) is 4.98. The van der Waals surface area contributed by atoms with Gasteiger partial charge in [0.15, 0.2) is 0 Å². The maximum Gasteiger partial charge on any atom is 0.245 e. The summed E-state index contributed by atoms with van der Waals surface area (Å²) < 4.78 is 5.40. The number of anilines is 1. The van der Waals surface area contributed by atoms with E-state index in [4.69, 9.17) is 4.74 Å². The Morgan fingerprint density at radius 1 is 1.27 bits per heavy atom. The van der Waals surface area contributed by atoms with Crippen LogP contribution in [0, 0.1) is 5.92 Å². The van der Waals surface area contributed by atoms with Crippen molar-refractivity contribution in [1.29, 1.82) is 0 Å². The summed E-state index contributed by atoms with van der Waals surface area (Å²) in [7, 11) is 0. The molecule has 3 rings (SSSR count). The minimum absolute atomic E-state index is 0.0486. The van der Waals surface area contributed by atoms with Crippen LogP contribution >= 0.6 is 0 Å². The molecule has 0 aromatic carbocycles. The number of nitrogens with one attached hydrogen (secondary N) is 1. The van der Waals surface area contributed by atoms with Gasteiger partial charge < -0.3 is 19.9 Å². The zero-order valence-electron chi connectivity index (χ0n) is 15.0. The van der Waals surface area contributed by atoms with Crippen molar-refractivity contribution in [1.82, 2.24) is 15.2 Å². The number of rotatable bonds is 5. The molecule has 2 fully saturated rings. The number of nitrogens with zero attached hydrogens (tertiary/aromatic N) is 3. The number of amides is 2. The number of ether oxygens (including phenoxy) is 1. The van der Waals surface area contributed by atoms with E-state index in [1.165, 1.54) is 6.08 Å². The van der Waals surface area contributed by atoms with Gasteiger partial charge in [-0.05, 0) is 25.0 Å². The average Bonchev–Trinajstić information content (AvgIpc) is 2.72. The summed E-state index contributed by atoms with van der Waals surface area (Å²) in [5, 5.41) is 3.05. The minimum atomic E-state index is -0.0608. The van der Waals surface area contributed by atoms with Crippen molar-refractivity contribution in [2.45, 2.75) is 19.4 Å². The second kappa shape index (κ2) is 8.80. The van der Waals surface area contributed by atoms with E-state index in [9.17, 15) is 9.59 Å². The number of pyridine rings is 1. The monoisotopic (exact) mass is 358 g/mol. The van der Waals surface area contributed by atoms with Crippen LogP contribution in [0.2, 0.25) is 0 Å². The van der Waals surface area contributed by atoms with Crippen LogP contribution in [-0.2, 0) is 20.9 Å². The van der Waals surface area contributed by atoms with E-state index < -0.39 is 0 Å². The van der Waals surface area contributed by atoms with Gasteiger partial charge in [-0.25, -0.2) is 4.98 Å². The number of likely N-dealkylation sites (tertiary alicyclic amines) is 1. The quantitative estimate of drug-likeness (QED) is 0.794. The fourth-order valence-electron chi connectivity index (χ4n) is 3.45. The molecule has 7 nitrogen and oxygen atoms in total. The lowest BCUT2D eigenvalue weighted by atomic mass is 9.95. The lowest BCUT2D eigenvalue weighted by molar-refractivity contribution is -0.132. The van der Waals surface area contributed by atoms with Gasteiger partial charge in [0.1, 0.15) is 5.82 Å². The predicted molar refractivity (Wildman–Crippen MR) is 98.6 cm³/mol. The van der Waals surface area contributed by atoms with Crippen molar-refractivity contribution in [3.63, 3.8) is 0 Å². The molecule has 1 N–H and O–H groups in total. The normalized spacial score (nSPS) is 18.5. The topological polar surface area (TPSA) is 74.8 Å². The van der Waals surface area contributed by atoms with E-state index in [1.54, 1.807) is 11.1 Å². The Labute approximate surface area is 154 Å². The molecule has 2 saturated heterocycles. The molecular formula is C19H26N4O3. The van der Waals surface area contributed by atoms with E-state index in [1.807, 2.05) is 12.1 Å². The van der Waals surface area contributed by atoms with Gasteiger partial charge in [-0.15, -0.1) is 0 Å². The molecule has 140 valence electrons. The number of hydrogen-bond acceptors (Lipinski definition) is 5. The first-order valence-electron chi connectivity index (χ1n) is 9.14. The van der Waals surface area contributed by atoms with Crippen LogP contribution in [0.1, 0.15) is 18.4 Å². The minimum Gasteiger partial charge on any atom is -0.378 e. The van der Waals surface area contributed by atoms with E-state index in [0.29, 0.717) is 45.7 Å². The van der Waals surface area contributed by atoms with Gasteiger partial charge in [0.25, 0.3) is 0 Å². The molecule has 3 heterocycles. The third kappa shape index (κ3) is 4.40. The molecule has 26 heavy (non-hydrogen) atoms. The van der Waals surface area contributed by atoms with Crippen LogP contribution < -0.4 is 10.2 Å². The number of carbonyl (C=O) groups excluding carboxylic acids is 2. The van der Waals surface area contributed by atoms with Crippen LogP contribution in [-0.4, -0.2) is 61.1 Å². The lowest BCUT2D eigenvalue weighted by Gasteiger charge is -2.31. The van der Waals surface area contributed by atoms with Gasteiger partial charge in [0, 0.05) is 50.4 Å². The molecule has 2 amide bonds. The smallest absolute Gasteiger partial charge is 0.245 e. The molecule has 0 aliphatic carbocycles. The van der Waals surface area contributed by atoms with Gasteiger partial charge in [-0.2, -0.15) is 0 Å². The molecule has 7 heteroatoms. The maximum atomic E-state index is 12.5. The highest BCUT2D eigenvalue weighted by atomic mass is 16.5. The fraction of sp³-hybridized carbons (Fsp3) is 0.526.